The molecule has 1 amide bonds. The third kappa shape index (κ3) is 5.03. The summed E-state index contributed by atoms with van der Waals surface area (Å²) in [6.07, 6.45) is -0.296. The molecule has 0 aliphatic carbocycles. The Bertz CT molecular complexity index is 903. The highest BCUT2D eigenvalue weighted by atomic mass is 32.1. The van der Waals surface area contributed by atoms with Crippen molar-refractivity contribution in [1.82, 2.24) is 9.97 Å². The number of amides is 1. The number of fused-ring (bicyclic) bond motifs is 1. The number of pyridine rings is 1. The first-order chi connectivity index (χ1) is 12.4. The fourth-order valence-electron chi connectivity index (χ4n) is 1.99. The zero-order valence-electron chi connectivity index (χ0n) is 13.2. The lowest BCUT2D eigenvalue weighted by molar-refractivity contribution is -0.154. The van der Waals surface area contributed by atoms with Gasteiger partial charge in [0.1, 0.15) is 5.01 Å². The number of ether oxygens (including phenoxy) is 1. The highest BCUT2D eigenvalue weighted by molar-refractivity contribution is 7.19. The molecule has 2 heterocycles. The van der Waals surface area contributed by atoms with Gasteiger partial charge in [-0.05, 0) is 24.3 Å². The summed E-state index contributed by atoms with van der Waals surface area (Å²) in [7, 11) is 0. The second kappa shape index (κ2) is 7.52. The van der Waals surface area contributed by atoms with Crippen LogP contribution in [0.3, 0.4) is 0 Å². The molecule has 0 bridgehead atoms. The van der Waals surface area contributed by atoms with Gasteiger partial charge in [0.05, 0.1) is 22.1 Å². The number of rotatable bonds is 5. The molecule has 9 heteroatoms. The summed E-state index contributed by atoms with van der Waals surface area (Å²) in [6, 6.07) is 10.3. The second-order valence-corrected chi connectivity index (χ2v) is 6.19. The van der Waals surface area contributed by atoms with E-state index in [0.29, 0.717) is 10.7 Å². The predicted octanol–water partition coefficient (Wildman–Crippen LogP) is 4.28. The van der Waals surface area contributed by atoms with Crippen molar-refractivity contribution >= 4 is 39.2 Å². The van der Waals surface area contributed by atoms with Crippen molar-refractivity contribution in [2.45, 2.75) is 6.18 Å². The minimum Gasteiger partial charge on any atom is -0.468 e. The lowest BCUT2D eigenvalue weighted by Crippen LogP contribution is -2.19. The maximum atomic E-state index is 12.1. The molecule has 26 heavy (non-hydrogen) atoms. The van der Waals surface area contributed by atoms with Gasteiger partial charge < -0.3 is 10.1 Å². The molecule has 5 nitrogen and oxygen atoms in total. The summed E-state index contributed by atoms with van der Waals surface area (Å²) in [5.41, 5.74) is 1.19. The summed E-state index contributed by atoms with van der Waals surface area (Å²) in [4.78, 5) is 20.0. The van der Waals surface area contributed by atoms with Gasteiger partial charge in [-0.2, -0.15) is 13.2 Å². The predicted molar refractivity (Wildman–Crippen MR) is 93.1 cm³/mol. The minimum atomic E-state index is -4.43. The van der Waals surface area contributed by atoms with E-state index < -0.39 is 18.7 Å². The van der Waals surface area contributed by atoms with Crippen LogP contribution in [0.5, 0.6) is 5.88 Å². The van der Waals surface area contributed by atoms with Gasteiger partial charge in [-0.1, -0.05) is 12.1 Å². The number of carbonyl (C=O) groups excluding carboxylic acids is 1. The van der Waals surface area contributed by atoms with E-state index in [0.717, 1.165) is 10.2 Å². The fourth-order valence-corrected chi connectivity index (χ4v) is 2.86. The monoisotopic (exact) mass is 379 g/mol. The van der Waals surface area contributed by atoms with Crippen molar-refractivity contribution in [3.05, 3.63) is 53.7 Å². The van der Waals surface area contributed by atoms with Crippen LogP contribution in [0, 0.1) is 0 Å². The number of thiazole rings is 1. The Morgan fingerprint density at radius 3 is 2.73 bits per heavy atom. The summed E-state index contributed by atoms with van der Waals surface area (Å²) in [5.74, 6) is -0.583. The minimum absolute atomic E-state index is 0.176. The second-order valence-electron chi connectivity index (χ2n) is 5.13. The molecule has 0 aliphatic rings. The molecule has 0 fully saturated rings. The molecule has 1 aromatic carbocycles. The van der Waals surface area contributed by atoms with E-state index in [1.54, 1.807) is 6.08 Å². The molecule has 0 saturated heterocycles. The van der Waals surface area contributed by atoms with Gasteiger partial charge in [-0.15, -0.1) is 11.3 Å². The zero-order chi connectivity index (χ0) is 18.6. The van der Waals surface area contributed by atoms with Crippen LogP contribution >= 0.6 is 11.3 Å². The fraction of sp³-hybridized carbons (Fsp3) is 0.118. The zero-order valence-corrected chi connectivity index (χ0v) is 14.0. The Morgan fingerprint density at radius 1 is 1.23 bits per heavy atom. The summed E-state index contributed by atoms with van der Waals surface area (Å²) in [5, 5.41) is 3.25. The van der Waals surface area contributed by atoms with Crippen molar-refractivity contribution < 1.29 is 22.7 Å². The van der Waals surface area contributed by atoms with Crippen LogP contribution in [-0.4, -0.2) is 28.7 Å². The number of halogens is 3. The summed E-state index contributed by atoms with van der Waals surface area (Å²) in [6.45, 7) is -1.42. The topological polar surface area (TPSA) is 64.1 Å². The van der Waals surface area contributed by atoms with Gasteiger partial charge in [0, 0.05) is 12.1 Å². The van der Waals surface area contributed by atoms with E-state index >= 15 is 0 Å². The van der Waals surface area contributed by atoms with E-state index in [9.17, 15) is 18.0 Å². The largest absolute Gasteiger partial charge is 0.468 e. The number of nitrogens with zero attached hydrogens (tertiary/aromatic N) is 2. The van der Waals surface area contributed by atoms with Crippen molar-refractivity contribution in [3.8, 4) is 5.88 Å². The van der Waals surface area contributed by atoms with Gasteiger partial charge >= 0.3 is 6.18 Å². The maximum absolute atomic E-state index is 12.1. The molecule has 0 spiro atoms. The van der Waals surface area contributed by atoms with Crippen LogP contribution in [-0.2, 0) is 4.79 Å². The Kier molecular flexibility index (Phi) is 5.17. The third-order valence-electron chi connectivity index (χ3n) is 3.08. The Labute approximate surface area is 150 Å². The van der Waals surface area contributed by atoms with E-state index in [4.69, 9.17) is 0 Å². The van der Waals surface area contributed by atoms with Crippen LogP contribution in [0.25, 0.3) is 16.3 Å². The lowest BCUT2D eigenvalue weighted by atomic mass is 10.3. The molecule has 3 aromatic rings. The number of hydrogen-bond donors (Lipinski definition) is 1. The number of anilines is 1. The first-order valence-electron chi connectivity index (χ1n) is 7.39. The SMILES string of the molecule is O=C(/C=C/c1nc2ccccc2s1)Nc1ccc(OCC(F)(F)F)nc1. The third-order valence-corrected chi connectivity index (χ3v) is 4.08. The van der Waals surface area contributed by atoms with Gasteiger partial charge in [-0.25, -0.2) is 9.97 Å². The van der Waals surface area contributed by atoms with Crippen LogP contribution < -0.4 is 10.1 Å². The number of hydrogen-bond acceptors (Lipinski definition) is 5. The molecular weight excluding hydrogens is 367 g/mol. The number of carbonyl (C=O) groups is 1. The number of nitrogens with one attached hydrogen (secondary N) is 1. The lowest BCUT2D eigenvalue weighted by Gasteiger charge is -2.08. The normalized spacial score (nSPS) is 11.8. The van der Waals surface area contributed by atoms with Crippen LogP contribution in [0.4, 0.5) is 18.9 Å². The van der Waals surface area contributed by atoms with Gasteiger partial charge in [0.25, 0.3) is 0 Å². The van der Waals surface area contributed by atoms with Crippen molar-refractivity contribution in [2.75, 3.05) is 11.9 Å². The molecular formula is C17H12F3N3O2S. The van der Waals surface area contributed by atoms with Gasteiger partial charge in [-0.3, -0.25) is 4.79 Å². The number of aromatic nitrogens is 2. The molecule has 1 N–H and O–H groups in total. The summed E-state index contributed by atoms with van der Waals surface area (Å²) >= 11 is 1.46. The van der Waals surface area contributed by atoms with Crippen LogP contribution in [0.15, 0.2) is 48.7 Å². The standard InChI is InChI=1S/C17H12F3N3O2S/c18-17(19,20)10-25-15-7-5-11(9-21-15)22-14(24)6-8-16-23-12-3-1-2-4-13(12)26-16/h1-9H,10H2,(H,22,24)/b8-6+. The Morgan fingerprint density at radius 2 is 2.04 bits per heavy atom. The van der Waals surface area contributed by atoms with Crippen molar-refractivity contribution in [3.63, 3.8) is 0 Å². The first kappa shape index (κ1) is 17.9. The van der Waals surface area contributed by atoms with E-state index in [1.165, 1.54) is 35.7 Å². The molecule has 0 atom stereocenters. The van der Waals surface area contributed by atoms with Crippen LogP contribution in [0.2, 0.25) is 0 Å². The smallest absolute Gasteiger partial charge is 0.422 e. The molecule has 0 unspecified atom stereocenters. The molecule has 3 rings (SSSR count). The van der Waals surface area contributed by atoms with E-state index in [1.807, 2.05) is 24.3 Å². The summed E-state index contributed by atoms with van der Waals surface area (Å²) < 4.78 is 41.7. The maximum Gasteiger partial charge on any atom is 0.422 e. The molecule has 0 radical (unpaired) electrons. The first-order valence-corrected chi connectivity index (χ1v) is 8.21. The van der Waals surface area contributed by atoms with Gasteiger partial charge in [0.2, 0.25) is 11.8 Å². The van der Waals surface area contributed by atoms with Gasteiger partial charge in [0.15, 0.2) is 6.61 Å². The van der Waals surface area contributed by atoms with Crippen molar-refractivity contribution in [2.24, 2.45) is 0 Å². The highest BCUT2D eigenvalue weighted by Crippen LogP contribution is 2.22. The Hall–Kier alpha value is -2.94. The highest BCUT2D eigenvalue weighted by Gasteiger charge is 2.28. The molecule has 0 aliphatic heterocycles. The van der Waals surface area contributed by atoms with E-state index in [2.05, 4.69) is 20.0 Å². The Balaban J connectivity index is 1.57. The number of alkyl halides is 3. The molecule has 2 aromatic heterocycles. The number of benzene rings is 1. The van der Waals surface area contributed by atoms with Crippen molar-refractivity contribution in [1.29, 1.82) is 0 Å². The van der Waals surface area contributed by atoms with E-state index in [-0.39, 0.29) is 5.88 Å². The average Bonchev–Trinajstić information content (AvgIpc) is 3.02. The number of para-hydroxylation sites is 1. The van der Waals surface area contributed by atoms with Crippen LogP contribution in [0.1, 0.15) is 5.01 Å². The quantitative estimate of drug-likeness (QED) is 0.672. The molecule has 134 valence electrons. The molecule has 0 saturated carbocycles. The average molecular weight is 379 g/mol.